The van der Waals surface area contributed by atoms with Crippen LogP contribution in [0.5, 0.6) is 5.75 Å². The molecule has 2 aliphatic rings. The minimum Gasteiger partial charge on any atom is -0.495 e. The smallest absolute Gasteiger partial charge is 0.335 e. The normalized spacial score (nSPS) is 28.4. The highest BCUT2D eigenvalue weighted by molar-refractivity contribution is 5.89. The molecule has 2 unspecified atom stereocenters. The molecule has 5 nitrogen and oxygen atoms in total. The molecule has 3 rings (SSSR count). The van der Waals surface area contributed by atoms with E-state index in [1.54, 1.807) is 25.3 Å². The summed E-state index contributed by atoms with van der Waals surface area (Å²) in [7, 11) is 3.82. The number of hydrogen-bond donors (Lipinski definition) is 2. The summed E-state index contributed by atoms with van der Waals surface area (Å²) in [6, 6.07) is 6.64. The maximum Gasteiger partial charge on any atom is 0.335 e. The van der Waals surface area contributed by atoms with Crippen molar-refractivity contribution in [3.8, 4) is 5.75 Å². The number of carboxylic acid groups (broad SMARTS) is 1. The van der Waals surface area contributed by atoms with Crippen molar-refractivity contribution in [2.45, 2.75) is 43.8 Å². The van der Waals surface area contributed by atoms with Crippen LogP contribution in [0.15, 0.2) is 18.2 Å². The molecule has 0 aromatic heterocycles. The Balaban J connectivity index is 1.78. The second kappa shape index (κ2) is 5.56. The highest BCUT2D eigenvalue weighted by Gasteiger charge is 2.38. The molecular formula is C16H22N2O3. The number of piperidine rings is 1. The molecule has 2 aliphatic heterocycles. The van der Waals surface area contributed by atoms with Crippen LogP contribution in [0.1, 0.15) is 36.0 Å². The lowest BCUT2D eigenvalue weighted by atomic mass is 9.97. The largest absolute Gasteiger partial charge is 0.495 e. The Morgan fingerprint density at radius 2 is 2.00 bits per heavy atom. The summed E-state index contributed by atoms with van der Waals surface area (Å²) < 4.78 is 5.35. The number of anilines is 1. The van der Waals surface area contributed by atoms with E-state index in [4.69, 9.17) is 9.84 Å². The number of methoxy groups -OCH3 is 1. The lowest BCUT2D eigenvalue weighted by molar-refractivity contribution is 0.0697. The van der Waals surface area contributed by atoms with Crippen LogP contribution >= 0.6 is 0 Å². The molecule has 21 heavy (non-hydrogen) atoms. The van der Waals surface area contributed by atoms with E-state index in [1.165, 1.54) is 12.8 Å². The number of carboxylic acids is 1. The molecule has 2 heterocycles. The third-order valence-electron chi connectivity index (χ3n) is 4.90. The SMILES string of the molecule is COc1ccc(C(=O)O)cc1NC1CC2CCC(C1)N2C. The molecule has 0 aliphatic carbocycles. The fourth-order valence-electron chi connectivity index (χ4n) is 3.70. The Bertz CT molecular complexity index is 532. The average molecular weight is 290 g/mol. The molecule has 2 N–H and O–H groups in total. The molecule has 1 aromatic rings. The zero-order valence-corrected chi connectivity index (χ0v) is 12.5. The predicted octanol–water partition coefficient (Wildman–Crippen LogP) is 2.43. The molecule has 1 aromatic carbocycles. The molecule has 2 bridgehead atoms. The second-order valence-electron chi connectivity index (χ2n) is 6.08. The number of hydrogen-bond acceptors (Lipinski definition) is 4. The van der Waals surface area contributed by atoms with Gasteiger partial charge >= 0.3 is 5.97 Å². The van der Waals surface area contributed by atoms with Crippen LogP contribution in [-0.2, 0) is 0 Å². The molecule has 5 heteroatoms. The first kappa shape index (κ1) is 14.2. The van der Waals surface area contributed by atoms with Gasteiger partial charge in [-0.3, -0.25) is 0 Å². The number of fused-ring (bicyclic) bond motifs is 2. The maximum atomic E-state index is 11.1. The van der Waals surface area contributed by atoms with Crippen molar-refractivity contribution < 1.29 is 14.6 Å². The second-order valence-corrected chi connectivity index (χ2v) is 6.08. The lowest BCUT2D eigenvalue weighted by Gasteiger charge is -2.37. The minimum absolute atomic E-state index is 0.286. The van der Waals surface area contributed by atoms with Crippen molar-refractivity contribution in [2.75, 3.05) is 19.5 Å². The van der Waals surface area contributed by atoms with Gasteiger partial charge in [0, 0.05) is 18.1 Å². The highest BCUT2D eigenvalue weighted by Crippen LogP contribution is 2.36. The molecule has 2 atom stereocenters. The van der Waals surface area contributed by atoms with Crippen LogP contribution in [0, 0.1) is 0 Å². The summed E-state index contributed by atoms with van der Waals surface area (Å²) in [4.78, 5) is 13.6. The third-order valence-corrected chi connectivity index (χ3v) is 4.90. The zero-order chi connectivity index (χ0) is 15.0. The average Bonchev–Trinajstić information content (AvgIpc) is 2.69. The topological polar surface area (TPSA) is 61.8 Å². The fourth-order valence-corrected chi connectivity index (χ4v) is 3.70. The standard InChI is InChI=1S/C16H22N2O3/c1-18-12-4-5-13(18)9-11(8-12)17-14-7-10(16(19)20)3-6-15(14)21-2/h3,6-7,11-13,17H,4-5,8-9H2,1-2H3,(H,19,20). The number of nitrogens with one attached hydrogen (secondary N) is 1. The third kappa shape index (κ3) is 2.70. The Hall–Kier alpha value is -1.75. The maximum absolute atomic E-state index is 11.1. The molecule has 0 radical (unpaired) electrons. The van der Waals surface area contributed by atoms with Crippen molar-refractivity contribution >= 4 is 11.7 Å². The van der Waals surface area contributed by atoms with Crippen LogP contribution in [0.4, 0.5) is 5.69 Å². The van der Waals surface area contributed by atoms with E-state index in [9.17, 15) is 4.79 Å². The Labute approximate surface area is 124 Å². The molecule has 114 valence electrons. The lowest BCUT2D eigenvalue weighted by Crippen LogP contribution is -2.44. The van der Waals surface area contributed by atoms with Crippen LogP contribution in [0.2, 0.25) is 0 Å². The molecule has 0 saturated carbocycles. The first-order chi connectivity index (χ1) is 10.1. The van der Waals surface area contributed by atoms with Gasteiger partial charge in [0.15, 0.2) is 0 Å². The van der Waals surface area contributed by atoms with Gasteiger partial charge in [0.05, 0.1) is 18.4 Å². The molecule has 2 saturated heterocycles. The summed E-state index contributed by atoms with van der Waals surface area (Å²) >= 11 is 0. The zero-order valence-electron chi connectivity index (χ0n) is 12.5. The van der Waals surface area contributed by atoms with E-state index in [0.29, 0.717) is 23.9 Å². The number of benzene rings is 1. The van der Waals surface area contributed by atoms with Crippen molar-refractivity contribution in [1.82, 2.24) is 4.90 Å². The molecular weight excluding hydrogens is 268 g/mol. The highest BCUT2D eigenvalue weighted by atomic mass is 16.5. The van der Waals surface area contributed by atoms with Crippen molar-refractivity contribution in [1.29, 1.82) is 0 Å². The summed E-state index contributed by atoms with van der Waals surface area (Å²) in [6.07, 6.45) is 4.75. The van der Waals surface area contributed by atoms with Gasteiger partial charge in [-0.15, -0.1) is 0 Å². The number of ether oxygens (including phenoxy) is 1. The van der Waals surface area contributed by atoms with E-state index in [0.717, 1.165) is 18.5 Å². The van der Waals surface area contributed by atoms with Gasteiger partial charge in [-0.05, 0) is 50.9 Å². The van der Waals surface area contributed by atoms with Crippen molar-refractivity contribution in [2.24, 2.45) is 0 Å². The number of carbonyl (C=O) groups is 1. The number of nitrogens with zero attached hydrogens (tertiary/aromatic N) is 1. The quantitative estimate of drug-likeness (QED) is 0.892. The number of rotatable bonds is 4. The van der Waals surface area contributed by atoms with Gasteiger partial charge in [0.2, 0.25) is 0 Å². The molecule has 0 amide bonds. The van der Waals surface area contributed by atoms with E-state index in [2.05, 4.69) is 17.3 Å². The summed E-state index contributed by atoms with van der Waals surface area (Å²) in [6.45, 7) is 0. The van der Waals surface area contributed by atoms with E-state index in [1.807, 2.05) is 0 Å². The summed E-state index contributed by atoms with van der Waals surface area (Å²) in [5.74, 6) is -0.213. The Morgan fingerprint density at radius 3 is 2.57 bits per heavy atom. The van der Waals surface area contributed by atoms with Gasteiger partial charge in [-0.2, -0.15) is 0 Å². The Kier molecular flexibility index (Phi) is 3.76. The first-order valence-electron chi connectivity index (χ1n) is 7.48. The van der Waals surface area contributed by atoms with E-state index >= 15 is 0 Å². The molecule has 0 spiro atoms. The Morgan fingerprint density at radius 1 is 1.33 bits per heavy atom. The van der Waals surface area contributed by atoms with Crippen LogP contribution < -0.4 is 10.1 Å². The van der Waals surface area contributed by atoms with Gasteiger partial charge in [0.1, 0.15) is 5.75 Å². The number of aromatic carboxylic acids is 1. The van der Waals surface area contributed by atoms with Gasteiger partial charge in [-0.25, -0.2) is 4.79 Å². The van der Waals surface area contributed by atoms with E-state index in [-0.39, 0.29) is 5.56 Å². The molecule has 2 fully saturated rings. The minimum atomic E-state index is -0.913. The van der Waals surface area contributed by atoms with Gasteiger partial charge in [-0.1, -0.05) is 0 Å². The van der Waals surface area contributed by atoms with Crippen molar-refractivity contribution in [3.05, 3.63) is 23.8 Å². The monoisotopic (exact) mass is 290 g/mol. The summed E-state index contributed by atoms with van der Waals surface area (Å²) in [5.41, 5.74) is 1.07. The summed E-state index contributed by atoms with van der Waals surface area (Å²) in [5, 5.41) is 12.6. The van der Waals surface area contributed by atoms with Crippen LogP contribution in [0.25, 0.3) is 0 Å². The van der Waals surface area contributed by atoms with Crippen LogP contribution in [-0.4, -0.2) is 48.3 Å². The van der Waals surface area contributed by atoms with Gasteiger partial charge < -0.3 is 20.1 Å². The van der Waals surface area contributed by atoms with E-state index < -0.39 is 5.97 Å². The van der Waals surface area contributed by atoms with Gasteiger partial charge in [0.25, 0.3) is 0 Å². The fraction of sp³-hybridized carbons (Fsp3) is 0.562. The van der Waals surface area contributed by atoms with Crippen LogP contribution in [0.3, 0.4) is 0 Å². The predicted molar refractivity (Wildman–Crippen MR) is 81.2 cm³/mol. The van der Waals surface area contributed by atoms with Crippen molar-refractivity contribution in [3.63, 3.8) is 0 Å². The first-order valence-corrected chi connectivity index (χ1v) is 7.48.